The van der Waals surface area contributed by atoms with E-state index in [2.05, 4.69) is 30.4 Å². The molecule has 0 saturated carbocycles. The molecule has 42 heavy (non-hydrogen) atoms. The molecule has 3 rings (SSSR count). The summed E-state index contributed by atoms with van der Waals surface area (Å²) < 4.78 is 0. The highest BCUT2D eigenvalue weighted by Gasteiger charge is 2.18. The number of benzene rings is 3. The molecule has 3 aromatic rings. The number of allylic oxidation sites excluding steroid dienone is 4. The molecule has 212 valence electrons. The Bertz CT molecular complexity index is 1640. The van der Waals surface area contributed by atoms with Crippen molar-refractivity contribution in [3.05, 3.63) is 149 Å². The van der Waals surface area contributed by atoms with Crippen LogP contribution in [0.5, 0.6) is 0 Å². The van der Waals surface area contributed by atoms with Gasteiger partial charge in [0.15, 0.2) is 0 Å². The zero-order valence-corrected chi connectivity index (χ0v) is 23.0. The van der Waals surface area contributed by atoms with Crippen LogP contribution < -0.4 is 10.6 Å². The van der Waals surface area contributed by atoms with E-state index >= 15 is 0 Å². The van der Waals surface area contributed by atoms with Gasteiger partial charge in [0.25, 0.3) is 11.8 Å². The van der Waals surface area contributed by atoms with Crippen LogP contribution in [-0.4, -0.2) is 34.0 Å². The van der Waals surface area contributed by atoms with Gasteiger partial charge in [-0.05, 0) is 78.1 Å². The van der Waals surface area contributed by atoms with Gasteiger partial charge in [0.05, 0.1) is 22.3 Å². The zero-order chi connectivity index (χ0) is 30.8. The van der Waals surface area contributed by atoms with E-state index in [9.17, 15) is 29.4 Å². The van der Waals surface area contributed by atoms with E-state index in [0.717, 1.165) is 11.1 Å². The molecular formula is C34H30N2O6. The van der Waals surface area contributed by atoms with Gasteiger partial charge >= 0.3 is 11.9 Å². The summed E-state index contributed by atoms with van der Waals surface area (Å²) in [5.41, 5.74) is 3.64. The smallest absolute Gasteiger partial charge is 0.336 e. The first-order valence-electron chi connectivity index (χ1n) is 12.8. The zero-order valence-electron chi connectivity index (χ0n) is 23.0. The summed E-state index contributed by atoms with van der Waals surface area (Å²) in [5.74, 6) is -3.57. The van der Waals surface area contributed by atoms with Crippen molar-refractivity contribution in [2.45, 2.75) is 13.3 Å². The number of amides is 2. The summed E-state index contributed by atoms with van der Waals surface area (Å²) in [7, 11) is 0. The molecule has 0 aromatic heterocycles. The van der Waals surface area contributed by atoms with Crippen LogP contribution >= 0.6 is 0 Å². The molecule has 0 unspecified atom stereocenters. The van der Waals surface area contributed by atoms with Crippen molar-refractivity contribution in [2.24, 2.45) is 0 Å². The maximum absolute atomic E-state index is 12.8. The van der Waals surface area contributed by atoms with Crippen LogP contribution in [0.2, 0.25) is 0 Å². The predicted molar refractivity (Wildman–Crippen MR) is 165 cm³/mol. The van der Waals surface area contributed by atoms with Crippen LogP contribution in [0, 0.1) is 0 Å². The average Bonchev–Trinajstić information content (AvgIpc) is 2.99. The molecule has 2 amide bonds. The molecule has 3 aromatic carbocycles. The quantitative estimate of drug-likeness (QED) is 0.184. The Balaban J connectivity index is 1.64. The van der Waals surface area contributed by atoms with Crippen LogP contribution in [0.1, 0.15) is 65.0 Å². The van der Waals surface area contributed by atoms with Gasteiger partial charge in [-0.15, -0.1) is 0 Å². The molecule has 0 saturated heterocycles. The van der Waals surface area contributed by atoms with Crippen LogP contribution in [0.15, 0.2) is 110 Å². The molecule has 0 aliphatic rings. The summed E-state index contributed by atoms with van der Waals surface area (Å²) >= 11 is 0. The monoisotopic (exact) mass is 562 g/mol. The van der Waals surface area contributed by atoms with Gasteiger partial charge in [0, 0.05) is 11.4 Å². The number of hydrogen-bond donors (Lipinski definition) is 4. The highest BCUT2D eigenvalue weighted by molar-refractivity contribution is 6.11. The topological polar surface area (TPSA) is 133 Å². The van der Waals surface area contributed by atoms with Gasteiger partial charge in [0.1, 0.15) is 0 Å². The van der Waals surface area contributed by atoms with Crippen molar-refractivity contribution in [3.63, 3.8) is 0 Å². The van der Waals surface area contributed by atoms with Crippen molar-refractivity contribution >= 4 is 41.6 Å². The third kappa shape index (κ3) is 7.89. The second-order valence-electron chi connectivity index (χ2n) is 9.13. The molecule has 0 spiro atoms. The third-order valence-electron chi connectivity index (χ3n) is 6.27. The molecule has 0 aliphatic carbocycles. The maximum atomic E-state index is 12.8. The SMILES string of the molecule is C=Cc1ccc(C(=O)Nc2ccc(CC(/C=C\C(=C)NC(=O)c3cc(C=C)ccc3C(=O)O)=C/C)cc2)c(C(=O)O)c1. The van der Waals surface area contributed by atoms with E-state index in [4.69, 9.17) is 0 Å². The van der Waals surface area contributed by atoms with Crippen LogP contribution in [-0.2, 0) is 6.42 Å². The summed E-state index contributed by atoms with van der Waals surface area (Å²) in [6.45, 7) is 13.0. The van der Waals surface area contributed by atoms with Gasteiger partial charge < -0.3 is 20.8 Å². The Morgan fingerprint density at radius 1 is 0.738 bits per heavy atom. The van der Waals surface area contributed by atoms with Gasteiger partial charge in [-0.25, -0.2) is 9.59 Å². The number of carboxylic acid groups (broad SMARTS) is 2. The molecule has 8 nitrogen and oxygen atoms in total. The molecule has 4 N–H and O–H groups in total. The number of hydrogen-bond acceptors (Lipinski definition) is 4. The number of nitrogens with one attached hydrogen (secondary N) is 2. The highest BCUT2D eigenvalue weighted by atomic mass is 16.4. The van der Waals surface area contributed by atoms with E-state index in [1.165, 1.54) is 36.4 Å². The number of carbonyl (C=O) groups excluding carboxylic acids is 2. The normalized spacial score (nSPS) is 11.0. The number of anilines is 1. The second kappa shape index (κ2) is 14.0. The number of carboxylic acids is 2. The standard InChI is InChI=1S/C34H30N2O6/c1-5-22(9-8-21(4)35-32(38)29-19-23(6-2)13-17-28(29)33(39)40)18-25-10-14-26(15-11-25)36-31(37)27-16-12-24(7-3)20-30(27)34(41)42/h5-17,19-20H,2-4,18H2,1H3,(H,35,38)(H,36,37)(H,39,40)(H,41,42)/b9-8-,22-5+. The van der Waals surface area contributed by atoms with Crippen molar-refractivity contribution in [1.82, 2.24) is 5.32 Å². The minimum Gasteiger partial charge on any atom is -0.478 e. The predicted octanol–water partition coefficient (Wildman–Crippen LogP) is 6.61. The van der Waals surface area contributed by atoms with Gasteiger partial charge in [-0.3, -0.25) is 9.59 Å². The second-order valence-corrected chi connectivity index (χ2v) is 9.13. The molecule has 0 aliphatic heterocycles. The van der Waals surface area contributed by atoms with Crippen molar-refractivity contribution in [3.8, 4) is 0 Å². The molecular weight excluding hydrogens is 532 g/mol. The highest BCUT2D eigenvalue weighted by Crippen LogP contribution is 2.19. The van der Waals surface area contributed by atoms with Gasteiger partial charge in [0.2, 0.25) is 0 Å². The largest absolute Gasteiger partial charge is 0.478 e. The number of rotatable bonds is 12. The van der Waals surface area contributed by atoms with Crippen molar-refractivity contribution < 1.29 is 29.4 Å². The number of carbonyl (C=O) groups is 4. The Morgan fingerprint density at radius 3 is 1.86 bits per heavy atom. The number of aromatic carboxylic acids is 2. The Kier molecular flexibility index (Phi) is 10.3. The minimum atomic E-state index is -1.22. The lowest BCUT2D eigenvalue weighted by Crippen LogP contribution is -2.23. The average molecular weight is 563 g/mol. The first-order valence-corrected chi connectivity index (χ1v) is 12.8. The fraction of sp³-hybridized carbons (Fsp3) is 0.0588. The lowest BCUT2D eigenvalue weighted by Gasteiger charge is -2.10. The Labute approximate surface area is 243 Å². The van der Waals surface area contributed by atoms with E-state index in [1.54, 1.807) is 36.4 Å². The van der Waals surface area contributed by atoms with Crippen LogP contribution in [0.25, 0.3) is 12.2 Å². The Hall–Kier alpha value is -5.76. The lowest BCUT2D eigenvalue weighted by molar-refractivity contribution is 0.0683. The summed E-state index contributed by atoms with van der Waals surface area (Å²) in [4.78, 5) is 48.7. The first-order chi connectivity index (χ1) is 20.1. The van der Waals surface area contributed by atoms with Gasteiger partial charge in [-0.1, -0.05) is 68.3 Å². The van der Waals surface area contributed by atoms with Crippen LogP contribution in [0.3, 0.4) is 0 Å². The summed E-state index contributed by atoms with van der Waals surface area (Å²) in [5, 5.41) is 24.3. The van der Waals surface area contributed by atoms with Gasteiger partial charge in [-0.2, -0.15) is 0 Å². The van der Waals surface area contributed by atoms with E-state index in [0.29, 0.717) is 23.2 Å². The van der Waals surface area contributed by atoms with E-state index in [-0.39, 0.29) is 28.0 Å². The van der Waals surface area contributed by atoms with E-state index in [1.807, 2.05) is 25.1 Å². The third-order valence-corrected chi connectivity index (χ3v) is 6.27. The summed E-state index contributed by atoms with van der Waals surface area (Å²) in [6, 6.07) is 16.0. The summed E-state index contributed by atoms with van der Waals surface area (Å²) in [6.07, 6.45) is 8.88. The molecule has 0 fully saturated rings. The van der Waals surface area contributed by atoms with E-state index < -0.39 is 23.8 Å². The molecule has 8 heteroatoms. The molecule has 0 atom stereocenters. The minimum absolute atomic E-state index is 0.000787. The maximum Gasteiger partial charge on any atom is 0.336 e. The Morgan fingerprint density at radius 2 is 1.31 bits per heavy atom. The first kappa shape index (κ1) is 30.8. The fourth-order valence-electron chi connectivity index (χ4n) is 3.99. The fourth-order valence-corrected chi connectivity index (χ4v) is 3.99. The molecule has 0 bridgehead atoms. The molecule has 0 radical (unpaired) electrons. The van der Waals surface area contributed by atoms with Crippen molar-refractivity contribution in [1.29, 1.82) is 0 Å². The van der Waals surface area contributed by atoms with Crippen LogP contribution in [0.4, 0.5) is 5.69 Å². The lowest BCUT2D eigenvalue weighted by atomic mass is 10.0. The van der Waals surface area contributed by atoms with Crippen molar-refractivity contribution in [2.75, 3.05) is 5.32 Å². The molecule has 0 heterocycles.